The van der Waals surface area contributed by atoms with Gasteiger partial charge in [-0.3, -0.25) is 0 Å². The molecule has 0 spiro atoms. The molecule has 0 aliphatic heterocycles. The second-order valence-corrected chi connectivity index (χ2v) is 7.03. The molecule has 1 heteroatoms. The van der Waals surface area contributed by atoms with Crippen molar-refractivity contribution in [1.82, 2.24) is 5.32 Å². The summed E-state index contributed by atoms with van der Waals surface area (Å²) >= 11 is 0. The number of rotatable bonds is 4. The van der Waals surface area contributed by atoms with Crippen molar-refractivity contribution in [3.63, 3.8) is 0 Å². The van der Waals surface area contributed by atoms with Crippen LogP contribution in [0.1, 0.15) is 73.4 Å². The monoisotopic (exact) mass is 273 g/mol. The predicted octanol–water partition coefficient (Wildman–Crippen LogP) is 5.15. The molecule has 1 aromatic carbocycles. The Balaban J connectivity index is 2.55. The fourth-order valence-corrected chi connectivity index (χ4v) is 4.05. The zero-order chi connectivity index (χ0) is 14.9. The van der Waals surface area contributed by atoms with Crippen molar-refractivity contribution in [3.05, 3.63) is 33.9 Å². The van der Waals surface area contributed by atoms with Gasteiger partial charge in [-0.15, -0.1) is 0 Å². The first-order valence-electron chi connectivity index (χ1n) is 8.21. The van der Waals surface area contributed by atoms with Gasteiger partial charge < -0.3 is 5.32 Å². The molecule has 0 heterocycles. The van der Waals surface area contributed by atoms with Crippen LogP contribution in [0.4, 0.5) is 0 Å². The maximum Gasteiger partial charge on any atom is 0.0379 e. The lowest BCUT2D eigenvalue weighted by Gasteiger charge is -2.38. The summed E-state index contributed by atoms with van der Waals surface area (Å²) in [5, 5.41) is 3.82. The van der Waals surface area contributed by atoms with Crippen LogP contribution < -0.4 is 5.32 Å². The average Bonchev–Trinajstić information content (AvgIpc) is 2.84. The van der Waals surface area contributed by atoms with E-state index in [4.69, 9.17) is 0 Å². The van der Waals surface area contributed by atoms with Crippen LogP contribution >= 0.6 is 0 Å². The number of benzene rings is 1. The van der Waals surface area contributed by atoms with Crippen LogP contribution in [0, 0.1) is 33.1 Å². The fourth-order valence-electron chi connectivity index (χ4n) is 4.05. The van der Waals surface area contributed by atoms with E-state index >= 15 is 0 Å². The second-order valence-electron chi connectivity index (χ2n) is 7.03. The molecule has 1 saturated carbocycles. The maximum absolute atomic E-state index is 3.82. The summed E-state index contributed by atoms with van der Waals surface area (Å²) in [6.45, 7) is 14.9. The van der Waals surface area contributed by atoms with Gasteiger partial charge in [0.15, 0.2) is 0 Å². The molecular formula is C19H31N. The molecule has 0 amide bonds. The topological polar surface area (TPSA) is 12.0 Å². The van der Waals surface area contributed by atoms with Crippen molar-refractivity contribution in [2.45, 2.75) is 73.3 Å². The van der Waals surface area contributed by atoms with Crippen LogP contribution in [-0.2, 0) is 0 Å². The molecule has 1 aliphatic rings. The highest BCUT2D eigenvalue weighted by Gasteiger charge is 2.38. The molecule has 0 radical (unpaired) electrons. The summed E-state index contributed by atoms with van der Waals surface area (Å²) in [6.07, 6.45) is 5.50. The Labute approximate surface area is 125 Å². The standard InChI is InChI=1S/C19H31N/c1-7-20-18(19(6)10-8-9-11-19)17-15(4)13(2)12-14(3)16(17)5/h12,18,20H,7-11H2,1-6H3. The molecule has 1 aromatic rings. The van der Waals surface area contributed by atoms with E-state index in [-0.39, 0.29) is 0 Å². The molecule has 1 aliphatic carbocycles. The van der Waals surface area contributed by atoms with Crippen LogP contribution in [0.2, 0.25) is 0 Å². The molecule has 1 atom stereocenters. The van der Waals surface area contributed by atoms with Gasteiger partial charge in [-0.05, 0) is 80.3 Å². The normalized spacial score (nSPS) is 19.3. The highest BCUT2D eigenvalue weighted by molar-refractivity contribution is 5.46. The predicted molar refractivity (Wildman–Crippen MR) is 88.4 cm³/mol. The van der Waals surface area contributed by atoms with Crippen molar-refractivity contribution < 1.29 is 0 Å². The maximum atomic E-state index is 3.82. The Morgan fingerprint density at radius 3 is 2.00 bits per heavy atom. The summed E-state index contributed by atoms with van der Waals surface area (Å²) < 4.78 is 0. The number of nitrogens with one attached hydrogen (secondary N) is 1. The van der Waals surface area contributed by atoms with Crippen LogP contribution in [0.15, 0.2) is 6.07 Å². The lowest BCUT2D eigenvalue weighted by Crippen LogP contribution is -2.35. The molecule has 112 valence electrons. The second kappa shape index (κ2) is 5.89. The smallest absolute Gasteiger partial charge is 0.0379 e. The highest BCUT2D eigenvalue weighted by Crippen LogP contribution is 2.49. The van der Waals surface area contributed by atoms with Gasteiger partial charge in [0.1, 0.15) is 0 Å². The third-order valence-electron chi connectivity index (χ3n) is 5.56. The summed E-state index contributed by atoms with van der Waals surface area (Å²) in [4.78, 5) is 0. The molecule has 1 nitrogen and oxygen atoms in total. The summed E-state index contributed by atoms with van der Waals surface area (Å²) in [7, 11) is 0. The van der Waals surface area contributed by atoms with Crippen LogP contribution in [-0.4, -0.2) is 6.54 Å². The largest absolute Gasteiger partial charge is 0.310 e. The molecule has 1 unspecified atom stereocenters. The Hall–Kier alpha value is -0.820. The van der Waals surface area contributed by atoms with E-state index in [1.165, 1.54) is 47.9 Å². The number of hydrogen-bond acceptors (Lipinski definition) is 1. The molecule has 2 rings (SSSR count). The van der Waals surface area contributed by atoms with Crippen molar-refractivity contribution in [1.29, 1.82) is 0 Å². The van der Waals surface area contributed by atoms with Gasteiger partial charge in [-0.1, -0.05) is 32.8 Å². The third-order valence-corrected chi connectivity index (χ3v) is 5.56. The van der Waals surface area contributed by atoms with Gasteiger partial charge in [0.2, 0.25) is 0 Å². The van der Waals surface area contributed by atoms with E-state index in [1.807, 2.05) is 0 Å². The quantitative estimate of drug-likeness (QED) is 0.800. The third kappa shape index (κ3) is 2.65. The first-order valence-corrected chi connectivity index (χ1v) is 8.21. The van der Waals surface area contributed by atoms with E-state index in [9.17, 15) is 0 Å². The molecule has 0 saturated heterocycles. The van der Waals surface area contributed by atoms with Crippen LogP contribution in [0.3, 0.4) is 0 Å². The van der Waals surface area contributed by atoms with E-state index in [1.54, 1.807) is 5.56 Å². The van der Waals surface area contributed by atoms with Crippen molar-refractivity contribution >= 4 is 0 Å². The first-order chi connectivity index (χ1) is 9.40. The van der Waals surface area contributed by atoms with Crippen molar-refractivity contribution in [2.75, 3.05) is 6.54 Å². The van der Waals surface area contributed by atoms with Crippen molar-refractivity contribution in [3.8, 4) is 0 Å². The summed E-state index contributed by atoms with van der Waals surface area (Å²) in [6, 6.07) is 2.85. The lowest BCUT2D eigenvalue weighted by atomic mass is 9.74. The van der Waals surface area contributed by atoms with Gasteiger partial charge in [0.05, 0.1) is 0 Å². The molecular weight excluding hydrogens is 242 g/mol. The zero-order valence-electron chi connectivity index (χ0n) is 14.2. The van der Waals surface area contributed by atoms with Crippen LogP contribution in [0.25, 0.3) is 0 Å². The van der Waals surface area contributed by atoms with E-state index in [0.717, 1.165) is 6.54 Å². The average molecular weight is 273 g/mol. The van der Waals surface area contributed by atoms with Gasteiger partial charge in [0, 0.05) is 6.04 Å². The minimum atomic E-state index is 0.422. The first kappa shape index (κ1) is 15.6. The summed E-state index contributed by atoms with van der Waals surface area (Å²) in [5.41, 5.74) is 7.86. The lowest BCUT2D eigenvalue weighted by molar-refractivity contribution is 0.224. The van der Waals surface area contributed by atoms with Gasteiger partial charge >= 0.3 is 0 Å². The number of hydrogen-bond donors (Lipinski definition) is 1. The van der Waals surface area contributed by atoms with Gasteiger partial charge in [-0.25, -0.2) is 0 Å². The Morgan fingerprint density at radius 2 is 1.55 bits per heavy atom. The highest BCUT2D eigenvalue weighted by atomic mass is 14.9. The molecule has 20 heavy (non-hydrogen) atoms. The SMILES string of the molecule is CCNC(c1c(C)c(C)cc(C)c1C)C1(C)CCCC1. The molecule has 0 aromatic heterocycles. The molecule has 0 bridgehead atoms. The number of aryl methyl sites for hydroxylation is 2. The fraction of sp³-hybridized carbons (Fsp3) is 0.684. The minimum Gasteiger partial charge on any atom is -0.310 e. The van der Waals surface area contributed by atoms with Gasteiger partial charge in [0.25, 0.3) is 0 Å². The Kier molecular flexibility index (Phi) is 4.59. The zero-order valence-corrected chi connectivity index (χ0v) is 14.2. The summed E-state index contributed by atoms with van der Waals surface area (Å²) in [5.74, 6) is 0. The minimum absolute atomic E-state index is 0.422. The van der Waals surface area contributed by atoms with E-state index < -0.39 is 0 Å². The van der Waals surface area contributed by atoms with Crippen LogP contribution in [0.5, 0.6) is 0 Å². The van der Waals surface area contributed by atoms with Gasteiger partial charge in [-0.2, -0.15) is 0 Å². The van der Waals surface area contributed by atoms with E-state index in [0.29, 0.717) is 11.5 Å². The van der Waals surface area contributed by atoms with Crippen molar-refractivity contribution in [2.24, 2.45) is 5.41 Å². The molecule has 1 N–H and O–H groups in total. The Bertz CT molecular complexity index is 455. The Morgan fingerprint density at radius 1 is 1.05 bits per heavy atom. The van der Waals surface area contributed by atoms with E-state index in [2.05, 4.69) is 52.9 Å². The molecule has 1 fully saturated rings.